The molecule has 0 amide bonds. The molecule has 2 nitrogen and oxygen atoms in total. The van der Waals surface area contributed by atoms with Gasteiger partial charge in [-0.25, -0.2) is 0 Å². The first-order chi connectivity index (χ1) is 7.79. The summed E-state index contributed by atoms with van der Waals surface area (Å²) >= 11 is 0. The SMILES string of the molecule is CCc1ccc(NC(C)C2CCOC2)cc1. The van der Waals surface area contributed by atoms with E-state index in [-0.39, 0.29) is 0 Å². The fraction of sp³-hybridized carbons (Fsp3) is 0.571. The van der Waals surface area contributed by atoms with Crippen LogP contribution in [0.3, 0.4) is 0 Å². The van der Waals surface area contributed by atoms with Gasteiger partial charge in [-0.2, -0.15) is 0 Å². The van der Waals surface area contributed by atoms with Crippen molar-refractivity contribution < 1.29 is 4.74 Å². The first kappa shape index (κ1) is 11.5. The highest BCUT2D eigenvalue weighted by Gasteiger charge is 2.21. The zero-order chi connectivity index (χ0) is 11.4. The first-order valence-corrected chi connectivity index (χ1v) is 6.23. The molecule has 1 fully saturated rings. The van der Waals surface area contributed by atoms with Crippen molar-refractivity contribution in [1.29, 1.82) is 0 Å². The van der Waals surface area contributed by atoms with Gasteiger partial charge in [-0.3, -0.25) is 0 Å². The van der Waals surface area contributed by atoms with Gasteiger partial charge in [-0.05, 0) is 37.5 Å². The first-order valence-electron chi connectivity index (χ1n) is 6.23. The number of hydrogen-bond acceptors (Lipinski definition) is 2. The standard InChI is InChI=1S/C14H21NO/c1-3-12-4-6-14(7-5-12)15-11(2)13-8-9-16-10-13/h4-7,11,13,15H,3,8-10H2,1-2H3. The third kappa shape index (κ3) is 2.76. The summed E-state index contributed by atoms with van der Waals surface area (Å²) in [5.74, 6) is 0.658. The molecule has 2 unspecified atom stereocenters. The van der Waals surface area contributed by atoms with Crippen LogP contribution in [-0.4, -0.2) is 19.3 Å². The molecule has 0 bridgehead atoms. The average molecular weight is 219 g/mol. The topological polar surface area (TPSA) is 21.3 Å². The summed E-state index contributed by atoms with van der Waals surface area (Å²) in [6, 6.07) is 9.23. The zero-order valence-corrected chi connectivity index (χ0v) is 10.2. The smallest absolute Gasteiger partial charge is 0.0514 e. The maximum Gasteiger partial charge on any atom is 0.0514 e. The predicted octanol–water partition coefficient (Wildman–Crippen LogP) is 3.09. The lowest BCUT2D eigenvalue weighted by molar-refractivity contribution is 0.183. The molecule has 1 aliphatic heterocycles. The molecule has 1 aromatic rings. The second-order valence-electron chi connectivity index (χ2n) is 4.61. The largest absolute Gasteiger partial charge is 0.382 e. The molecule has 0 radical (unpaired) electrons. The van der Waals surface area contributed by atoms with Crippen molar-refractivity contribution in [3.8, 4) is 0 Å². The zero-order valence-electron chi connectivity index (χ0n) is 10.2. The van der Waals surface area contributed by atoms with Crippen molar-refractivity contribution in [1.82, 2.24) is 0 Å². The molecule has 0 aromatic heterocycles. The van der Waals surface area contributed by atoms with Crippen LogP contribution in [0.25, 0.3) is 0 Å². The maximum absolute atomic E-state index is 5.41. The normalized spacial score (nSPS) is 22.0. The van der Waals surface area contributed by atoms with Gasteiger partial charge in [-0.15, -0.1) is 0 Å². The van der Waals surface area contributed by atoms with E-state index in [0.717, 1.165) is 19.6 Å². The summed E-state index contributed by atoms with van der Waals surface area (Å²) in [6.45, 7) is 6.25. The number of nitrogens with one attached hydrogen (secondary N) is 1. The van der Waals surface area contributed by atoms with Gasteiger partial charge >= 0.3 is 0 Å². The van der Waals surface area contributed by atoms with Crippen molar-refractivity contribution in [2.24, 2.45) is 5.92 Å². The maximum atomic E-state index is 5.41. The highest BCUT2D eigenvalue weighted by Crippen LogP contribution is 2.20. The summed E-state index contributed by atoms with van der Waals surface area (Å²) < 4.78 is 5.41. The fourth-order valence-electron chi connectivity index (χ4n) is 2.16. The van der Waals surface area contributed by atoms with Gasteiger partial charge in [0.25, 0.3) is 0 Å². The summed E-state index contributed by atoms with van der Waals surface area (Å²) in [4.78, 5) is 0. The van der Waals surface area contributed by atoms with E-state index in [1.165, 1.54) is 17.7 Å². The Balaban J connectivity index is 1.92. The molecule has 1 aliphatic rings. The molecule has 0 spiro atoms. The highest BCUT2D eigenvalue weighted by atomic mass is 16.5. The van der Waals surface area contributed by atoms with Crippen molar-refractivity contribution >= 4 is 5.69 Å². The Labute approximate surface area is 98.0 Å². The molecule has 2 heteroatoms. The van der Waals surface area contributed by atoms with Crippen LogP contribution in [0, 0.1) is 5.92 Å². The Morgan fingerprint density at radius 2 is 2.12 bits per heavy atom. The van der Waals surface area contributed by atoms with E-state index >= 15 is 0 Å². The van der Waals surface area contributed by atoms with E-state index < -0.39 is 0 Å². The molecular formula is C14H21NO. The third-order valence-corrected chi connectivity index (χ3v) is 3.43. The molecule has 0 saturated carbocycles. The van der Waals surface area contributed by atoms with Gasteiger partial charge in [0.15, 0.2) is 0 Å². The Morgan fingerprint density at radius 1 is 1.38 bits per heavy atom. The molecular weight excluding hydrogens is 198 g/mol. The van der Waals surface area contributed by atoms with Crippen LogP contribution in [0.15, 0.2) is 24.3 Å². The Morgan fingerprint density at radius 3 is 2.69 bits per heavy atom. The number of ether oxygens (including phenoxy) is 1. The molecule has 0 aliphatic carbocycles. The van der Waals surface area contributed by atoms with Gasteiger partial charge in [0.05, 0.1) is 6.61 Å². The Kier molecular flexibility index (Phi) is 3.83. The van der Waals surface area contributed by atoms with Gasteiger partial charge in [0.2, 0.25) is 0 Å². The van der Waals surface area contributed by atoms with E-state index in [4.69, 9.17) is 4.74 Å². The molecule has 2 rings (SSSR count). The lowest BCUT2D eigenvalue weighted by Gasteiger charge is -2.20. The molecule has 1 aromatic carbocycles. The molecule has 1 N–H and O–H groups in total. The minimum atomic E-state index is 0.495. The van der Waals surface area contributed by atoms with E-state index in [9.17, 15) is 0 Å². The lowest BCUT2D eigenvalue weighted by Crippen LogP contribution is -2.26. The highest BCUT2D eigenvalue weighted by molar-refractivity contribution is 5.45. The average Bonchev–Trinajstić information content (AvgIpc) is 2.83. The van der Waals surface area contributed by atoms with Gasteiger partial charge in [-0.1, -0.05) is 19.1 Å². The van der Waals surface area contributed by atoms with Crippen LogP contribution in [0.1, 0.15) is 25.8 Å². The van der Waals surface area contributed by atoms with E-state index in [0.29, 0.717) is 12.0 Å². The number of benzene rings is 1. The molecule has 1 saturated heterocycles. The summed E-state index contributed by atoms with van der Waals surface area (Å²) in [5, 5.41) is 3.56. The van der Waals surface area contributed by atoms with Crippen LogP contribution in [-0.2, 0) is 11.2 Å². The second-order valence-corrected chi connectivity index (χ2v) is 4.61. The van der Waals surface area contributed by atoms with Crippen LogP contribution in [0.2, 0.25) is 0 Å². The third-order valence-electron chi connectivity index (χ3n) is 3.43. The van der Waals surface area contributed by atoms with Crippen molar-refractivity contribution in [3.63, 3.8) is 0 Å². The molecule has 1 heterocycles. The Hall–Kier alpha value is -1.02. The van der Waals surface area contributed by atoms with Crippen LogP contribution < -0.4 is 5.32 Å². The van der Waals surface area contributed by atoms with Crippen molar-refractivity contribution in [2.45, 2.75) is 32.7 Å². The van der Waals surface area contributed by atoms with Gasteiger partial charge < -0.3 is 10.1 Å². The predicted molar refractivity (Wildman–Crippen MR) is 67.8 cm³/mol. The van der Waals surface area contributed by atoms with E-state index in [1.54, 1.807) is 0 Å². The number of aryl methyl sites for hydroxylation is 1. The Bertz CT molecular complexity index is 314. The fourth-order valence-corrected chi connectivity index (χ4v) is 2.16. The summed E-state index contributed by atoms with van der Waals surface area (Å²) in [7, 11) is 0. The minimum absolute atomic E-state index is 0.495. The number of rotatable bonds is 4. The molecule has 88 valence electrons. The van der Waals surface area contributed by atoms with Crippen molar-refractivity contribution in [2.75, 3.05) is 18.5 Å². The molecule has 2 atom stereocenters. The quantitative estimate of drug-likeness (QED) is 0.840. The lowest BCUT2D eigenvalue weighted by atomic mass is 10.0. The van der Waals surface area contributed by atoms with Gasteiger partial charge in [0, 0.05) is 24.3 Å². The second kappa shape index (κ2) is 5.35. The molecule has 16 heavy (non-hydrogen) atoms. The number of hydrogen-bond donors (Lipinski definition) is 1. The van der Waals surface area contributed by atoms with Crippen molar-refractivity contribution in [3.05, 3.63) is 29.8 Å². The van der Waals surface area contributed by atoms with E-state index in [2.05, 4.69) is 43.4 Å². The summed E-state index contributed by atoms with van der Waals surface area (Å²) in [5.41, 5.74) is 2.61. The summed E-state index contributed by atoms with van der Waals surface area (Å²) in [6.07, 6.45) is 2.29. The monoisotopic (exact) mass is 219 g/mol. The number of anilines is 1. The van der Waals surface area contributed by atoms with Crippen LogP contribution in [0.4, 0.5) is 5.69 Å². The minimum Gasteiger partial charge on any atom is -0.382 e. The van der Waals surface area contributed by atoms with Gasteiger partial charge in [0.1, 0.15) is 0 Å². The van der Waals surface area contributed by atoms with Crippen LogP contribution in [0.5, 0.6) is 0 Å². The van der Waals surface area contributed by atoms with E-state index in [1.807, 2.05) is 0 Å². The van der Waals surface area contributed by atoms with Crippen LogP contribution >= 0.6 is 0 Å².